The predicted molar refractivity (Wildman–Crippen MR) is 71.0 cm³/mol. The van der Waals surface area contributed by atoms with E-state index in [1.807, 2.05) is 19.1 Å². The van der Waals surface area contributed by atoms with Gasteiger partial charge in [-0.1, -0.05) is 29.8 Å². The average molecular weight is 239 g/mol. The van der Waals surface area contributed by atoms with Crippen molar-refractivity contribution in [1.82, 2.24) is 0 Å². The van der Waals surface area contributed by atoms with E-state index in [1.165, 1.54) is 0 Å². The number of hydrogen-bond acceptors (Lipinski definition) is 2. The van der Waals surface area contributed by atoms with Crippen molar-refractivity contribution >= 4 is 17.9 Å². The van der Waals surface area contributed by atoms with Crippen LogP contribution in [-0.2, 0) is 0 Å². The molecule has 2 aromatic carbocycles. The van der Waals surface area contributed by atoms with Crippen molar-refractivity contribution in [3.8, 4) is 0 Å². The van der Waals surface area contributed by atoms with Gasteiger partial charge in [0.05, 0.1) is 0 Å². The largest absolute Gasteiger partial charge is 0.322 e. The van der Waals surface area contributed by atoms with Crippen LogP contribution in [0.1, 0.15) is 26.3 Å². The third-order valence-corrected chi connectivity index (χ3v) is 2.59. The second kappa shape index (κ2) is 5.27. The van der Waals surface area contributed by atoms with E-state index >= 15 is 0 Å². The minimum atomic E-state index is -0.182. The minimum absolute atomic E-state index is 0.182. The number of anilines is 1. The van der Waals surface area contributed by atoms with Crippen LogP contribution in [0.15, 0.2) is 48.5 Å². The number of nitrogens with one attached hydrogen (secondary N) is 1. The summed E-state index contributed by atoms with van der Waals surface area (Å²) < 4.78 is 0. The molecule has 0 aliphatic heterocycles. The van der Waals surface area contributed by atoms with Gasteiger partial charge in [-0.2, -0.15) is 0 Å². The van der Waals surface area contributed by atoms with Crippen LogP contribution in [0.5, 0.6) is 0 Å². The second-order valence-corrected chi connectivity index (χ2v) is 4.06. The molecule has 0 spiro atoms. The van der Waals surface area contributed by atoms with Crippen LogP contribution < -0.4 is 5.32 Å². The molecular weight excluding hydrogens is 226 g/mol. The maximum absolute atomic E-state index is 11.9. The molecule has 1 amide bonds. The third-order valence-electron chi connectivity index (χ3n) is 2.59. The molecule has 0 radical (unpaired) electrons. The van der Waals surface area contributed by atoms with Gasteiger partial charge in [0.15, 0.2) is 0 Å². The molecule has 0 aromatic heterocycles. The first-order valence-electron chi connectivity index (χ1n) is 5.62. The first kappa shape index (κ1) is 12.0. The molecular formula is C15H13NO2. The normalized spacial score (nSPS) is 9.83. The molecule has 0 unspecified atom stereocenters. The van der Waals surface area contributed by atoms with Crippen molar-refractivity contribution in [2.75, 3.05) is 5.32 Å². The zero-order chi connectivity index (χ0) is 13.0. The summed E-state index contributed by atoms with van der Waals surface area (Å²) in [5.74, 6) is -0.182. The number of amides is 1. The highest BCUT2D eigenvalue weighted by atomic mass is 16.1. The molecule has 0 saturated carbocycles. The monoisotopic (exact) mass is 239 g/mol. The topological polar surface area (TPSA) is 46.2 Å². The molecule has 90 valence electrons. The summed E-state index contributed by atoms with van der Waals surface area (Å²) in [7, 11) is 0. The lowest BCUT2D eigenvalue weighted by Crippen LogP contribution is -2.11. The van der Waals surface area contributed by atoms with Crippen molar-refractivity contribution in [3.63, 3.8) is 0 Å². The van der Waals surface area contributed by atoms with Crippen LogP contribution in [0.3, 0.4) is 0 Å². The van der Waals surface area contributed by atoms with Gasteiger partial charge in [-0.15, -0.1) is 0 Å². The maximum atomic E-state index is 11.9. The van der Waals surface area contributed by atoms with Crippen LogP contribution in [0.25, 0.3) is 0 Å². The number of carbonyl (C=O) groups excluding carboxylic acids is 2. The Hall–Kier alpha value is -2.42. The molecule has 0 saturated heterocycles. The number of hydrogen-bond donors (Lipinski definition) is 1. The molecule has 0 bridgehead atoms. The van der Waals surface area contributed by atoms with Crippen molar-refractivity contribution in [2.24, 2.45) is 0 Å². The van der Waals surface area contributed by atoms with Gasteiger partial charge in [0.1, 0.15) is 6.29 Å². The number of aryl methyl sites for hydroxylation is 1. The SMILES string of the molecule is Cc1ccc(C(=O)Nc2cccc(C=O)c2)cc1. The van der Waals surface area contributed by atoms with E-state index in [4.69, 9.17) is 0 Å². The smallest absolute Gasteiger partial charge is 0.255 e. The number of rotatable bonds is 3. The van der Waals surface area contributed by atoms with Crippen LogP contribution in [0.4, 0.5) is 5.69 Å². The van der Waals surface area contributed by atoms with Crippen molar-refractivity contribution in [2.45, 2.75) is 6.92 Å². The first-order chi connectivity index (χ1) is 8.69. The molecule has 3 nitrogen and oxygen atoms in total. The van der Waals surface area contributed by atoms with Crippen LogP contribution in [0.2, 0.25) is 0 Å². The highest BCUT2D eigenvalue weighted by Gasteiger charge is 2.05. The third kappa shape index (κ3) is 2.83. The van der Waals surface area contributed by atoms with E-state index in [2.05, 4.69) is 5.32 Å². The number of benzene rings is 2. The van der Waals surface area contributed by atoms with Gasteiger partial charge in [0.2, 0.25) is 0 Å². The lowest BCUT2D eigenvalue weighted by Gasteiger charge is -2.05. The Labute approximate surface area is 105 Å². The molecule has 18 heavy (non-hydrogen) atoms. The quantitative estimate of drug-likeness (QED) is 0.837. The summed E-state index contributed by atoms with van der Waals surface area (Å²) >= 11 is 0. The van der Waals surface area contributed by atoms with Crippen molar-refractivity contribution in [3.05, 3.63) is 65.2 Å². The molecule has 2 rings (SSSR count). The van der Waals surface area contributed by atoms with E-state index in [0.29, 0.717) is 16.8 Å². The number of aldehydes is 1. The molecule has 0 aliphatic carbocycles. The summed E-state index contributed by atoms with van der Waals surface area (Å²) in [6.07, 6.45) is 0.752. The fraction of sp³-hybridized carbons (Fsp3) is 0.0667. The van der Waals surface area contributed by atoms with E-state index in [-0.39, 0.29) is 5.91 Å². The highest BCUT2D eigenvalue weighted by molar-refractivity contribution is 6.04. The van der Waals surface area contributed by atoms with Gasteiger partial charge in [0, 0.05) is 16.8 Å². The van der Waals surface area contributed by atoms with E-state index < -0.39 is 0 Å². The van der Waals surface area contributed by atoms with Crippen LogP contribution in [-0.4, -0.2) is 12.2 Å². The summed E-state index contributed by atoms with van der Waals surface area (Å²) in [6.45, 7) is 1.97. The Balaban J connectivity index is 2.15. The summed E-state index contributed by atoms with van der Waals surface area (Å²) in [5.41, 5.74) is 2.86. The first-order valence-corrected chi connectivity index (χ1v) is 5.62. The van der Waals surface area contributed by atoms with Gasteiger partial charge in [-0.05, 0) is 31.2 Å². The van der Waals surface area contributed by atoms with Gasteiger partial charge >= 0.3 is 0 Å². The molecule has 0 heterocycles. The van der Waals surface area contributed by atoms with Gasteiger partial charge in [0.25, 0.3) is 5.91 Å². The van der Waals surface area contributed by atoms with E-state index in [9.17, 15) is 9.59 Å². The Morgan fingerprint density at radius 2 is 1.83 bits per heavy atom. The molecule has 0 atom stereocenters. The Bertz CT molecular complexity index is 573. The summed E-state index contributed by atoms with van der Waals surface area (Å²) in [6, 6.07) is 14.1. The summed E-state index contributed by atoms with van der Waals surface area (Å²) in [4.78, 5) is 22.6. The van der Waals surface area contributed by atoms with E-state index in [1.54, 1.807) is 36.4 Å². The molecule has 2 aromatic rings. The predicted octanol–water partition coefficient (Wildman–Crippen LogP) is 3.06. The van der Waals surface area contributed by atoms with Gasteiger partial charge in [-0.25, -0.2) is 0 Å². The van der Waals surface area contributed by atoms with Gasteiger partial charge in [-0.3, -0.25) is 9.59 Å². The van der Waals surface area contributed by atoms with Crippen LogP contribution >= 0.6 is 0 Å². The van der Waals surface area contributed by atoms with Crippen molar-refractivity contribution in [1.29, 1.82) is 0 Å². The lowest BCUT2D eigenvalue weighted by atomic mass is 10.1. The minimum Gasteiger partial charge on any atom is -0.322 e. The molecule has 0 fully saturated rings. The molecule has 3 heteroatoms. The average Bonchev–Trinajstić information content (AvgIpc) is 2.39. The second-order valence-electron chi connectivity index (χ2n) is 4.06. The standard InChI is InChI=1S/C15H13NO2/c1-11-5-7-13(8-6-11)15(18)16-14-4-2-3-12(9-14)10-17/h2-10H,1H3,(H,16,18). The Kier molecular flexibility index (Phi) is 3.53. The molecule has 0 aliphatic rings. The van der Waals surface area contributed by atoms with Crippen molar-refractivity contribution < 1.29 is 9.59 Å². The van der Waals surface area contributed by atoms with Crippen LogP contribution in [0, 0.1) is 6.92 Å². The fourth-order valence-corrected chi connectivity index (χ4v) is 1.60. The summed E-state index contributed by atoms with van der Waals surface area (Å²) in [5, 5.41) is 2.75. The highest BCUT2D eigenvalue weighted by Crippen LogP contribution is 2.11. The maximum Gasteiger partial charge on any atom is 0.255 e. The fourth-order valence-electron chi connectivity index (χ4n) is 1.60. The number of carbonyl (C=O) groups is 2. The van der Waals surface area contributed by atoms with Gasteiger partial charge < -0.3 is 5.32 Å². The zero-order valence-electron chi connectivity index (χ0n) is 10.0. The lowest BCUT2D eigenvalue weighted by molar-refractivity contribution is 0.102. The van der Waals surface area contributed by atoms with E-state index in [0.717, 1.165) is 11.8 Å². The Morgan fingerprint density at radius 3 is 2.50 bits per heavy atom. The zero-order valence-corrected chi connectivity index (χ0v) is 10.0. The molecule has 1 N–H and O–H groups in total. The Morgan fingerprint density at radius 1 is 1.11 bits per heavy atom.